The van der Waals surface area contributed by atoms with Crippen LogP contribution >= 0.6 is 0 Å². The van der Waals surface area contributed by atoms with Crippen molar-refractivity contribution in [3.63, 3.8) is 0 Å². The summed E-state index contributed by atoms with van der Waals surface area (Å²) in [7, 11) is 3.36. The molecular weight excluding hydrogens is 380 g/mol. The lowest BCUT2D eigenvalue weighted by Crippen LogP contribution is -2.35. The van der Waals surface area contributed by atoms with Crippen molar-refractivity contribution in [3.8, 4) is 22.9 Å². The van der Waals surface area contributed by atoms with Crippen LogP contribution in [-0.2, 0) is 6.54 Å². The molecule has 1 aliphatic rings. The molecule has 7 heteroatoms. The van der Waals surface area contributed by atoms with Gasteiger partial charge in [-0.3, -0.25) is 14.7 Å². The summed E-state index contributed by atoms with van der Waals surface area (Å²) in [5.41, 5.74) is 2.54. The summed E-state index contributed by atoms with van der Waals surface area (Å²) in [6.45, 7) is 2.53. The van der Waals surface area contributed by atoms with Crippen LogP contribution < -0.4 is 15.0 Å². The molecule has 3 heterocycles. The first-order valence-electron chi connectivity index (χ1n) is 10.1. The number of aromatic nitrogens is 3. The van der Waals surface area contributed by atoms with Crippen molar-refractivity contribution in [1.29, 1.82) is 0 Å². The highest BCUT2D eigenvalue weighted by Gasteiger charge is 2.25. The Morgan fingerprint density at radius 3 is 2.67 bits per heavy atom. The predicted molar refractivity (Wildman–Crippen MR) is 115 cm³/mol. The summed E-state index contributed by atoms with van der Waals surface area (Å²) in [6.07, 6.45) is 5.46. The molecule has 156 valence electrons. The van der Waals surface area contributed by atoms with Crippen LogP contribution in [0.4, 0.5) is 0 Å². The van der Waals surface area contributed by atoms with Gasteiger partial charge in [-0.25, -0.2) is 4.98 Å². The summed E-state index contributed by atoms with van der Waals surface area (Å²) in [5, 5.41) is 0. The topological polar surface area (TPSA) is 80.3 Å². The minimum atomic E-state index is -0.137. The Morgan fingerprint density at radius 2 is 1.97 bits per heavy atom. The molecule has 4 rings (SSSR count). The summed E-state index contributed by atoms with van der Waals surface area (Å²) in [6, 6.07) is 11.2. The number of methoxy groups -OCH3 is 2. The van der Waals surface area contributed by atoms with E-state index in [1.165, 1.54) is 0 Å². The maximum Gasteiger partial charge on any atom is 0.251 e. The third-order valence-corrected chi connectivity index (χ3v) is 5.53. The van der Waals surface area contributed by atoms with Crippen LogP contribution in [0.2, 0.25) is 0 Å². The Labute approximate surface area is 175 Å². The Kier molecular flexibility index (Phi) is 6.09. The quantitative estimate of drug-likeness (QED) is 0.677. The van der Waals surface area contributed by atoms with Crippen molar-refractivity contribution in [1.82, 2.24) is 19.9 Å². The van der Waals surface area contributed by atoms with E-state index in [9.17, 15) is 4.79 Å². The van der Waals surface area contributed by atoms with Gasteiger partial charge in [-0.05, 0) is 43.7 Å². The average Bonchev–Trinajstić information content (AvgIpc) is 2.79. The number of pyridine rings is 1. The zero-order valence-electron chi connectivity index (χ0n) is 17.3. The minimum absolute atomic E-state index is 0.137. The molecule has 0 radical (unpaired) electrons. The van der Waals surface area contributed by atoms with Crippen molar-refractivity contribution < 1.29 is 9.47 Å². The fraction of sp³-hybridized carbons (Fsp3) is 0.348. The van der Waals surface area contributed by atoms with E-state index >= 15 is 0 Å². The van der Waals surface area contributed by atoms with E-state index in [1.54, 1.807) is 32.7 Å². The van der Waals surface area contributed by atoms with Crippen molar-refractivity contribution in [2.24, 2.45) is 0 Å². The van der Waals surface area contributed by atoms with E-state index in [4.69, 9.17) is 14.5 Å². The van der Waals surface area contributed by atoms with Crippen molar-refractivity contribution in [3.05, 3.63) is 70.4 Å². The third-order valence-electron chi connectivity index (χ3n) is 5.53. The molecule has 30 heavy (non-hydrogen) atoms. The first kappa shape index (κ1) is 20.1. The molecule has 1 N–H and O–H groups in total. The molecule has 2 aromatic heterocycles. The second-order valence-corrected chi connectivity index (χ2v) is 7.48. The zero-order valence-corrected chi connectivity index (χ0v) is 17.3. The van der Waals surface area contributed by atoms with Crippen LogP contribution in [0.1, 0.15) is 30.0 Å². The molecule has 1 atom stereocenters. The average molecular weight is 406 g/mol. The highest BCUT2D eigenvalue weighted by atomic mass is 16.5. The van der Waals surface area contributed by atoms with Gasteiger partial charge in [0.15, 0.2) is 0 Å². The standard InChI is InChI=1S/C23H26N4O3/c1-29-20-8-3-9-21(30-2)18(20)15-27-11-5-7-17(14-27)19-12-22(28)26-23(25-19)16-6-4-10-24-13-16/h3-4,6,8-10,12-13,17H,5,7,11,14-15H2,1-2H3,(H,25,26,28). The van der Waals surface area contributed by atoms with Gasteiger partial charge in [0.1, 0.15) is 17.3 Å². The minimum Gasteiger partial charge on any atom is -0.496 e. The maximum atomic E-state index is 12.3. The fourth-order valence-electron chi connectivity index (χ4n) is 4.07. The van der Waals surface area contributed by atoms with Crippen LogP contribution in [0.25, 0.3) is 11.4 Å². The van der Waals surface area contributed by atoms with Gasteiger partial charge in [-0.1, -0.05) is 6.07 Å². The molecule has 0 aliphatic carbocycles. The summed E-state index contributed by atoms with van der Waals surface area (Å²) >= 11 is 0. The normalized spacial score (nSPS) is 16.9. The van der Waals surface area contributed by atoms with Crippen LogP contribution in [-0.4, -0.2) is 47.2 Å². The zero-order chi connectivity index (χ0) is 20.9. The Hall–Kier alpha value is -3.19. The van der Waals surface area contributed by atoms with E-state index in [0.717, 1.165) is 60.8 Å². The summed E-state index contributed by atoms with van der Waals surface area (Å²) < 4.78 is 11.1. The molecule has 1 unspecified atom stereocenters. The number of piperidine rings is 1. The number of H-pyrrole nitrogens is 1. The van der Waals surface area contributed by atoms with E-state index in [2.05, 4.69) is 14.9 Å². The highest BCUT2D eigenvalue weighted by Crippen LogP contribution is 2.32. The molecular formula is C23H26N4O3. The SMILES string of the molecule is COc1cccc(OC)c1CN1CCCC(c2cc(=O)[nH]c(-c3cccnc3)n2)C1. The van der Waals surface area contributed by atoms with E-state index < -0.39 is 0 Å². The monoisotopic (exact) mass is 406 g/mol. The maximum absolute atomic E-state index is 12.3. The molecule has 0 saturated carbocycles. The Morgan fingerprint density at radius 1 is 1.17 bits per heavy atom. The van der Waals surface area contributed by atoms with E-state index in [0.29, 0.717) is 5.82 Å². The molecule has 1 saturated heterocycles. The number of rotatable bonds is 6. The van der Waals surface area contributed by atoms with Crippen LogP contribution in [0.5, 0.6) is 11.5 Å². The van der Waals surface area contributed by atoms with Gasteiger partial charge >= 0.3 is 0 Å². The lowest BCUT2D eigenvalue weighted by molar-refractivity contribution is 0.194. The number of hydrogen-bond donors (Lipinski definition) is 1. The second kappa shape index (κ2) is 9.09. The lowest BCUT2D eigenvalue weighted by Gasteiger charge is -2.33. The highest BCUT2D eigenvalue weighted by molar-refractivity contribution is 5.52. The van der Waals surface area contributed by atoms with Gasteiger partial charge in [0, 0.05) is 43.0 Å². The molecule has 0 spiro atoms. The number of nitrogens with zero attached hydrogens (tertiary/aromatic N) is 3. The third kappa shape index (κ3) is 4.36. The molecule has 0 bridgehead atoms. The molecule has 3 aromatic rings. The van der Waals surface area contributed by atoms with Gasteiger partial charge < -0.3 is 14.5 Å². The Bertz CT molecular complexity index is 1030. The number of benzene rings is 1. The van der Waals surface area contributed by atoms with Crippen molar-refractivity contribution >= 4 is 0 Å². The predicted octanol–water partition coefficient (Wildman–Crippen LogP) is 3.23. The van der Waals surface area contributed by atoms with Crippen molar-refractivity contribution in [2.75, 3.05) is 27.3 Å². The number of likely N-dealkylation sites (tertiary alicyclic amines) is 1. The Balaban J connectivity index is 1.57. The van der Waals surface area contributed by atoms with Gasteiger partial charge in [0.25, 0.3) is 5.56 Å². The molecule has 0 amide bonds. The van der Waals surface area contributed by atoms with E-state index in [-0.39, 0.29) is 11.5 Å². The summed E-state index contributed by atoms with van der Waals surface area (Å²) in [5.74, 6) is 2.40. The van der Waals surface area contributed by atoms with E-state index in [1.807, 2.05) is 30.3 Å². The first-order valence-corrected chi connectivity index (χ1v) is 10.1. The summed E-state index contributed by atoms with van der Waals surface area (Å²) in [4.78, 5) is 26.4. The van der Waals surface area contributed by atoms with Gasteiger partial charge in [0.05, 0.1) is 25.5 Å². The molecule has 1 aliphatic heterocycles. The van der Waals surface area contributed by atoms with Crippen LogP contribution in [0.3, 0.4) is 0 Å². The fourth-order valence-corrected chi connectivity index (χ4v) is 4.07. The van der Waals surface area contributed by atoms with Gasteiger partial charge in [0.2, 0.25) is 0 Å². The molecule has 1 aromatic carbocycles. The van der Waals surface area contributed by atoms with Gasteiger partial charge in [-0.2, -0.15) is 0 Å². The van der Waals surface area contributed by atoms with Crippen LogP contribution in [0.15, 0.2) is 53.6 Å². The molecule has 1 fully saturated rings. The number of nitrogens with one attached hydrogen (secondary N) is 1. The second-order valence-electron chi connectivity index (χ2n) is 7.48. The van der Waals surface area contributed by atoms with Crippen LogP contribution in [0, 0.1) is 0 Å². The number of aromatic amines is 1. The lowest BCUT2D eigenvalue weighted by atomic mass is 9.94. The largest absolute Gasteiger partial charge is 0.496 e. The van der Waals surface area contributed by atoms with Crippen molar-refractivity contribution in [2.45, 2.75) is 25.3 Å². The smallest absolute Gasteiger partial charge is 0.251 e. The first-order chi connectivity index (χ1) is 14.7. The van der Waals surface area contributed by atoms with Gasteiger partial charge in [-0.15, -0.1) is 0 Å². The molecule has 7 nitrogen and oxygen atoms in total. The number of hydrogen-bond acceptors (Lipinski definition) is 6. The number of ether oxygens (including phenoxy) is 2.